The van der Waals surface area contributed by atoms with E-state index in [0.717, 1.165) is 19.4 Å². The van der Waals surface area contributed by atoms with Gasteiger partial charge in [-0.3, -0.25) is 9.59 Å². The number of hydrogen-bond donors (Lipinski definition) is 2. The quantitative estimate of drug-likeness (QED) is 0.406. The Hall–Kier alpha value is -2.69. The maximum atomic E-state index is 10.3. The topological polar surface area (TPSA) is 137 Å². The van der Waals surface area contributed by atoms with E-state index in [1.165, 1.54) is 5.57 Å². The molecule has 0 aromatic rings. The number of rotatable bonds is 9. The Labute approximate surface area is 183 Å². The highest BCUT2D eigenvalue weighted by Gasteiger charge is 2.17. The molecule has 176 valence electrons. The van der Waals surface area contributed by atoms with Crippen molar-refractivity contribution >= 4 is 18.3 Å². The Morgan fingerprint density at radius 1 is 1.29 bits per heavy atom. The number of aliphatic hydroxyl groups excluding tert-OH is 1. The highest BCUT2D eigenvalue weighted by molar-refractivity contribution is 5.83. The molecule has 10 nitrogen and oxygen atoms in total. The molecular formula is C21H35N3O7. The third-order valence-corrected chi connectivity index (χ3v) is 4.10. The van der Waals surface area contributed by atoms with Crippen molar-refractivity contribution in [3.63, 3.8) is 0 Å². The summed E-state index contributed by atoms with van der Waals surface area (Å²) in [7, 11) is 8.23. The average Bonchev–Trinajstić information content (AvgIpc) is 2.93. The molecule has 1 unspecified atom stereocenters. The molecule has 1 amide bonds. The Bertz CT molecular complexity index is 655. The SMILES string of the molecule is CC(CC1=CC(OC=O)=CCC=C1)N(C)C.CCN(C)C.O=NC(=O)C[C@@H](O)C(=O)O. The molecule has 2 N–H and O–H groups in total. The van der Waals surface area contributed by atoms with Gasteiger partial charge in [0, 0.05) is 11.2 Å². The predicted molar refractivity (Wildman–Crippen MR) is 118 cm³/mol. The molecule has 0 aliphatic heterocycles. The lowest BCUT2D eigenvalue weighted by molar-refractivity contribution is -0.148. The largest absolute Gasteiger partial charge is 0.479 e. The average molecular weight is 442 g/mol. The minimum Gasteiger partial charge on any atom is -0.479 e. The number of carboxylic acid groups (broad SMARTS) is 1. The van der Waals surface area contributed by atoms with Gasteiger partial charge in [0.05, 0.1) is 6.42 Å². The number of hydrogen-bond acceptors (Lipinski definition) is 8. The standard InChI is InChI=1S/C13H19NO2.C4H5NO5.C4H11N/c1-11(14(2)3)8-12-6-4-5-7-13(9-12)16-10-15;6-2(4(8)9)1-3(7)5-10;1-4-5(2)3/h4,6-7,9-11H,5,8H2,1-3H3;2,6H,1H2,(H,8,9);4H2,1-3H3/t;2-;/m.1./s1. The molecule has 1 aliphatic carbocycles. The molecule has 10 heteroatoms. The fraction of sp³-hybridized carbons (Fsp3) is 0.571. The first-order chi connectivity index (χ1) is 14.5. The lowest BCUT2D eigenvalue weighted by atomic mass is 10.1. The Morgan fingerprint density at radius 2 is 1.87 bits per heavy atom. The summed E-state index contributed by atoms with van der Waals surface area (Å²) < 4.78 is 4.89. The summed E-state index contributed by atoms with van der Waals surface area (Å²) in [6.45, 7) is 5.91. The number of carboxylic acids is 1. The molecular weight excluding hydrogens is 406 g/mol. The van der Waals surface area contributed by atoms with Crippen molar-refractivity contribution in [2.75, 3.05) is 34.7 Å². The van der Waals surface area contributed by atoms with Crippen LogP contribution in [0.1, 0.15) is 33.1 Å². The summed E-state index contributed by atoms with van der Waals surface area (Å²) in [6, 6.07) is 0.464. The van der Waals surface area contributed by atoms with Gasteiger partial charge in [0.1, 0.15) is 5.76 Å². The third kappa shape index (κ3) is 17.8. The van der Waals surface area contributed by atoms with Crippen molar-refractivity contribution < 1.29 is 29.3 Å². The van der Waals surface area contributed by atoms with Crippen LogP contribution in [0.5, 0.6) is 0 Å². The zero-order chi connectivity index (χ0) is 24.4. The van der Waals surface area contributed by atoms with Gasteiger partial charge in [-0.2, -0.15) is 0 Å². The lowest BCUT2D eigenvalue weighted by Crippen LogP contribution is -2.24. The van der Waals surface area contributed by atoms with E-state index in [-0.39, 0.29) is 0 Å². The Balaban J connectivity index is 0. The number of carbonyl (C=O) groups excluding carboxylic acids is 2. The van der Waals surface area contributed by atoms with Crippen LogP contribution in [-0.4, -0.2) is 85.2 Å². The maximum Gasteiger partial charge on any atom is 0.333 e. The van der Waals surface area contributed by atoms with Crippen LogP contribution in [0.4, 0.5) is 0 Å². The van der Waals surface area contributed by atoms with Crippen LogP contribution in [0.3, 0.4) is 0 Å². The number of amides is 1. The van der Waals surface area contributed by atoms with E-state index >= 15 is 0 Å². The van der Waals surface area contributed by atoms with Crippen LogP contribution < -0.4 is 0 Å². The van der Waals surface area contributed by atoms with Crippen LogP contribution in [0.25, 0.3) is 0 Å². The number of carbonyl (C=O) groups is 3. The van der Waals surface area contributed by atoms with Crippen LogP contribution in [-0.2, 0) is 19.1 Å². The fourth-order valence-electron chi connectivity index (χ4n) is 1.77. The molecule has 0 spiro atoms. The summed E-state index contributed by atoms with van der Waals surface area (Å²) >= 11 is 0. The van der Waals surface area contributed by atoms with Gasteiger partial charge in [-0.25, -0.2) is 4.79 Å². The Morgan fingerprint density at radius 3 is 2.29 bits per heavy atom. The van der Waals surface area contributed by atoms with Gasteiger partial charge in [-0.1, -0.05) is 19.1 Å². The minimum atomic E-state index is -1.83. The van der Waals surface area contributed by atoms with Gasteiger partial charge in [0.25, 0.3) is 12.4 Å². The molecule has 0 saturated heterocycles. The summed E-state index contributed by atoms with van der Waals surface area (Å²) in [5.74, 6) is -2.08. The highest BCUT2D eigenvalue weighted by Crippen LogP contribution is 2.17. The summed E-state index contributed by atoms with van der Waals surface area (Å²) in [5, 5.41) is 18.3. The van der Waals surface area contributed by atoms with Crippen molar-refractivity contribution in [1.82, 2.24) is 9.80 Å². The second-order valence-electron chi connectivity index (χ2n) is 7.13. The van der Waals surface area contributed by atoms with Gasteiger partial charge in [-0.05, 0) is 72.2 Å². The van der Waals surface area contributed by atoms with Gasteiger partial charge >= 0.3 is 5.97 Å². The smallest absolute Gasteiger partial charge is 0.333 e. The summed E-state index contributed by atoms with van der Waals surface area (Å²) in [6.07, 6.45) is 7.16. The number of nitroso groups, excluding NO2 is 1. The predicted octanol–water partition coefficient (Wildman–Crippen LogP) is 1.95. The van der Waals surface area contributed by atoms with Crippen molar-refractivity contribution in [2.24, 2.45) is 5.18 Å². The van der Waals surface area contributed by atoms with Crippen molar-refractivity contribution in [2.45, 2.75) is 45.3 Å². The van der Waals surface area contributed by atoms with Gasteiger partial charge in [0.15, 0.2) is 6.10 Å². The van der Waals surface area contributed by atoms with Crippen LogP contribution in [0.15, 0.2) is 40.8 Å². The third-order valence-electron chi connectivity index (χ3n) is 4.10. The van der Waals surface area contributed by atoms with E-state index in [4.69, 9.17) is 14.9 Å². The van der Waals surface area contributed by atoms with Crippen molar-refractivity contribution in [3.8, 4) is 0 Å². The maximum absolute atomic E-state index is 10.3. The van der Waals surface area contributed by atoms with Crippen molar-refractivity contribution in [3.05, 3.63) is 40.5 Å². The van der Waals surface area contributed by atoms with Crippen molar-refractivity contribution in [1.29, 1.82) is 0 Å². The first-order valence-corrected chi connectivity index (χ1v) is 9.74. The van der Waals surface area contributed by atoms with Gasteiger partial charge < -0.3 is 24.7 Å². The molecule has 0 fully saturated rings. The monoisotopic (exact) mass is 441 g/mol. The molecule has 1 rings (SSSR count). The zero-order valence-electron chi connectivity index (χ0n) is 19.1. The van der Waals surface area contributed by atoms with E-state index in [1.807, 2.05) is 17.3 Å². The number of allylic oxidation sites excluding steroid dienone is 4. The lowest BCUT2D eigenvalue weighted by Gasteiger charge is -2.20. The van der Waals surface area contributed by atoms with Gasteiger partial charge in [-0.15, -0.1) is 4.91 Å². The number of nitrogens with zero attached hydrogens (tertiary/aromatic N) is 3. The number of ether oxygens (including phenoxy) is 1. The molecule has 1 aliphatic rings. The molecule has 0 heterocycles. The fourth-order valence-corrected chi connectivity index (χ4v) is 1.77. The van der Waals surface area contributed by atoms with E-state index in [1.54, 1.807) is 0 Å². The second kappa shape index (κ2) is 18.1. The second-order valence-corrected chi connectivity index (χ2v) is 7.13. The molecule has 31 heavy (non-hydrogen) atoms. The first kappa shape index (κ1) is 30.5. The summed E-state index contributed by atoms with van der Waals surface area (Å²) in [4.78, 5) is 43.8. The number of aliphatic carboxylic acids is 1. The van der Waals surface area contributed by atoms with E-state index in [2.05, 4.69) is 64.0 Å². The van der Waals surface area contributed by atoms with E-state index in [0.29, 0.717) is 18.3 Å². The van der Waals surface area contributed by atoms with E-state index < -0.39 is 24.4 Å². The van der Waals surface area contributed by atoms with E-state index in [9.17, 15) is 19.3 Å². The normalized spacial score (nSPS) is 14.5. The van der Waals surface area contributed by atoms with Crippen LogP contribution in [0, 0.1) is 4.91 Å². The zero-order valence-corrected chi connectivity index (χ0v) is 19.1. The van der Waals surface area contributed by atoms with Crippen LogP contribution in [0.2, 0.25) is 0 Å². The molecule has 0 radical (unpaired) electrons. The van der Waals surface area contributed by atoms with Gasteiger partial charge in [0.2, 0.25) is 0 Å². The molecule has 0 bridgehead atoms. The molecule has 0 saturated carbocycles. The molecule has 2 atom stereocenters. The highest BCUT2D eigenvalue weighted by atomic mass is 16.5. The minimum absolute atomic E-state index is 0.464. The summed E-state index contributed by atoms with van der Waals surface area (Å²) in [5.41, 5.74) is 1.19. The van der Waals surface area contributed by atoms with Crippen LogP contribution >= 0.6 is 0 Å². The molecule has 0 aromatic carbocycles. The molecule has 0 aromatic heterocycles. The Kier molecular flexibility index (Phi) is 17.8. The number of aliphatic hydroxyl groups is 1. The first-order valence-electron chi connectivity index (χ1n) is 9.74.